The van der Waals surface area contributed by atoms with Crippen molar-refractivity contribution in [2.75, 3.05) is 33.8 Å². The number of nitrogens with one attached hydrogen (secondary N) is 1. The molecule has 0 aromatic carbocycles. The molecule has 4 heteroatoms. The summed E-state index contributed by atoms with van der Waals surface area (Å²) in [5, 5.41) is 3.27. The summed E-state index contributed by atoms with van der Waals surface area (Å²) >= 11 is 0. The van der Waals surface area contributed by atoms with E-state index in [9.17, 15) is 4.79 Å². The maximum Gasteiger partial charge on any atom is 0.319 e. The Kier molecular flexibility index (Phi) is 6.09. The summed E-state index contributed by atoms with van der Waals surface area (Å²) in [5.41, 5.74) is 0.199. The molecule has 1 fully saturated rings. The van der Waals surface area contributed by atoms with Crippen molar-refractivity contribution in [2.24, 2.45) is 5.92 Å². The maximum absolute atomic E-state index is 11.3. The highest BCUT2D eigenvalue weighted by atomic mass is 16.5. The first kappa shape index (κ1) is 15.4. The Bertz CT molecular complexity index is 269. The molecule has 0 amide bonds. The van der Waals surface area contributed by atoms with Crippen molar-refractivity contribution in [3.8, 4) is 0 Å². The van der Waals surface area contributed by atoms with Gasteiger partial charge in [-0.3, -0.25) is 4.79 Å². The molecule has 0 spiro atoms. The zero-order chi connectivity index (χ0) is 13.6. The molecule has 0 aromatic heterocycles. The zero-order valence-corrected chi connectivity index (χ0v) is 12.3. The van der Waals surface area contributed by atoms with Gasteiger partial charge in [0, 0.05) is 12.1 Å². The van der Waals surface area contributed by atoms with Crippen molar-refractivity contribution in [1.29, 1.82) is 0 Å². The fourth-order valence-electron chi connectivity index (χ4n) is 2.97. The molecule has 2 atom stereocenters. The number of nitrogens with zero attached hydrogens (tertiary/aromatic N) is 1. The minimum absolute atomic E-state index is 0.157. The number of hydrogen-bond acceptors (Lipinski definition) is 4. The molecule has 0 saturated heterocycles. The van der Waals surface area contributed by atoms with Crippen LogP contribution in [0, 0.1) is 5.92 Å². The lowest BCUT2D eigenvalue weighted by molar-refractivity contribution is -0.142. The molecule has 106 valence electrons. The molecule has 0 radical (unpaired) electrons. The van der Waals surface area contributed by atoms with Gasteiger partial charge in [0.15, 0.2) is 0 Å². The van der Waals surface area contributed by atoms with E-state index < -0.39 is 0 Å². The van der Waals surface area contributed by atoms with Gasteiger partial charge in [0.2, 0.25) is 0 Å². The van der Waals surface area contributed by atoms with Gasteiger partial charge < -0.3 is 15.0 Å². The van der Waals surface area contributed by atoms with Crippen molar-refractivity contribution >= 4 is 5.97 Å². The van der Waals surface area contributed by atoms with Gasteiger partial charge in [-0.2, -0.15) is 0 Å². The van der Waals surface area contributed by atoms with E-state index in [0.717, 1.165) is 12.5 Å². The fourth-order valence-corrected chi connectivity index (χ4v) is 2.97. The van der Waals surface area contributed by atoms with Gasteiger partial charge >= 0.3 is 5.97 Å². The van der Waals surface area contributed by atoms with Crippen LogP contribution in [0.5, 0.6) is 0 Å². The predicted molar refractivity (Wildman–Crippen MR) is 73.6 cm³/mol. The Morgan fingerprint density at radius 2 is 2.22 bits per heavy atom. The molecule has 18 heavy (non-hydrogen) atoms. The van der Waals surface area contributed by atoms with E-state index in [1.807, 2.05) is 6.92 Å². The van der Waals surface area contributed by atoms with E-state index in [-0.39, 0.29) is 11.5 Å². The van der Waals surface area contributed by atoms with Gasteiger partial charge in [0.1, 0.15) is 0 Å². The van der Waals surface area contributed by atoms with Gasteiger partial charge in [-0.25, -0.2) is 0 Å². The average molecular weight is 256 g/mol. The zero-order valence-electron chi connectivity index (χ0n) is 12.3. The van der Waals surface area contributed by atoms with Crippen LogP contribution in [0.1, 0.15) is 39.5 Å². The van der Waals surface area contributed by atoms with E-state index in [2.05, 4.69) is 31.2 Å². The highest BCUT2D eigenvalue weighted by molar-refractivity contribution is 5.71. The molecule has 1 aliphatic carbocycles. The number of hydrogen-bond donors (Lipinski definition) is 1. The summed E-state index contributed by atoms with van der Waals surface area (Å²) in [6.07, 6.45) is 5.02. The van der Waals surface area contributed by atoms with Crippen LogP contribution >= 0.6 is 0 Å². The van der Waals surface area contributed by atoms with Crippen molar-refractivity contribution in [1.82, 2.24) is 10.2 Å². The lowest BCUT2D eigenvalue weighted by atomic mass is 9.75. The van der Waals surface area contributed by atoms with Gasteiger partial charge in [-0.15, -0.1) is 0 Å². The van der Waals surface area contributed by atoms with Crippen LogP contribution in [0.15, 0.2) is 0 Å². The summed E-state index contributed by atoms with van der Waals surface area (Å²) in [5.74, 6) is 0.612. The predicted octanol–water partition coefficient (Wildman–Crippen LogP) is 1.65. The molecule has 1 saturated carbocycles. The maximum atomic E-state index is 11.3. The van der Waals surface area contributed by atoms with E-state index in [4.69, 9.17) is 4.74 Å². The molecule has 1 aliphatic rings. The second-order valence-electron chi connectivity index (χ2n) is 5.73. The first-order valence-electron chi connectivity index (χ1n) is 7.04. The molecule has 2 unspecified atom stereocenters. The van der Waals surface area contributed by atoms with Gasteiger partial charge in [-0.1, -0.05) is 19.8 Å². The van der Waals surface area contributed by atoms with Crippen LogP contribution in [0.25, 0.3) is 0 Å². The van der Waals surface area contributed by atoms with Crippen molar-refractivity contribution < 1.29 is 9.53 Å². The van der Waals surface area contributed by atoms with Crippen LogP contribution in [0.3, 0.4) is 0 Å². The lowest BCUT2D eigenvalue weighted by Gasteiger charge is -2.45. The van der Waals surface area contributed by atoms with Crippen LogP contribution < -0.4 is 5.32 Å². The van der Waals surface area contributed by atoms with E-state index in [1.54, 1.807) is 0 Å². The number of ether oxygens (including phenoxy) is 1. The molecule has 1 rings (SSSR count). The Balaban J connectivity index is 2.45. The number of carbonyl (C=O) groups is 1. The van der Waals surface area contributed by atoms with Crippen LogP contribution in [0.4, 0.5) is 0 Å². The third-order valence-electron chi connectivity index (χ3n) is 4.04. The average Bonchev–Trinajstić information content (AvgIpc) is 2.29. The minimum Gasteiger partial charge on any atom is -0.465 e. The summed E-state index contributed by atoms with van der Waals surface area (Å²) < 4.78 is 4.93. The molecule has 0 heterocycles. The number of carbonyl (C=O) groups excluding carboxylic acids is 1. The molecular formula is C14H28N2O2. The number of esters is 1. The van der Waals surface area contributed by atoms with Crippen molar-refractivity contribution in [2.45, 2.75) is 45.1 Å². The third-order valence-corrected chi connectivity index (χ3v) is 4.04. The molecular weight excluding hydrogens is 228 g/mol. The Labute approximate surface area is 111 Å². The topological polar surface area (TPSA) is 41.6 Å². The Morgan fingerprint density at radius 1 is 1.50 bits per heavy atom. The molecule has 0 aliphatic heterocycles. The lowest BCUT2D eigenvalue weighted by Crippen LogP contribution is -2.54. The van der Waals surface area contributed by atoms with Crippen LogP contribution in [0.2, 0.25) is 0 Å². The molecule has 0 bridgehead atoms. The van der Waals surface area contributed by atoms with Crippen LogP contribution in [-0.2, 0) is 9.53 Å². The van der Waals surface area contributed by atoms with Crippen molar-refractivity contribution in [3.63, 3.8) is 0 Å². The first-order valence-corrected chi connectivity index (χ1v) is 7.04. The van der Waals surface area contributed by atoms with Gasteiger partial charge in [-0.05, 0) is 39.8 Å². The van der Waals surface area contributed by atoms with Gasteiger partial charge in [0.05, 0.1) is 13.2 Å². The second kappa shape index (κ2) is 7.10. The monoisotopic (exact) mass is 256 g/mol. The number of likely N-dealkylation sites (N-methyl/N-ethyl adjacent to an activating group) is 1. The quantitative estimate of drug-likeness (QED) is 0.734. The SMILES string of the molecule is CCOC(=O)CNCC1(N(C)C)CCCC(C)C1. The summed E-state index contributed by atoms with van der Waals surface area (Å²) in [6, 6.07) is 0. The summed E-state index contributed by atoms with van der Waals surface area (Å²) in [4.78, 5) is 13.6. The summed E-state index contributed by atoms with van der Waals surface area (Å²) in [7, 11) is 4.29. The van der Waals surface area contributed by atoms with E-state index >= 15 is 0 Å². The first-order chi connectivity index (χ1) is 8.50. The highest BCUT2D eigenvalue weighted by Crippen LogP contribution is 2.35. The third kappa shape index (κ3) is 4.25. The minimum atomic E-state index is -0.157. The second-order valence-corrected chi connectivity index (χ2v) is 5.73. The Morgan fingerprint density at radius 3 is 2.78 bits per heavy atom. The highest BCUT2D eigenvalue weighted by Gasteiger charge is 2.36. The largest absolute Gasteiger partial charge is 0.465 e. The van der Waals surface area contributed by atoms with Crippen molar-refractivity contribution in [3.05, 3.63) is 0 Å². The van der Waals surface area contributed by atoms with E-state index in [1.165, 1.54) is 25.7 Å². The summed E-state index contributed by atoms with van der Waals surface area (Å²) in [6.45, 7) is 5.79. The Hall–Kier alpha value is -0.610. The van der Waals surface area contributed by atoms with E-state index in [0.29, 0.717) is 13.2 Å². The fraction of sp³-hybridized carbons (Fsp3) is 0.929. The molecule has 4 nitrogen and oxygen atoms in total. The van der Waals surface area contributed by atoms with Gasteiger partial charge in [0.25, 0.3) is 0 Å². The standard InChI is InChI=1S/C14H28N2O2/c1-5-18-13(17)10-15-11-14(16(3)4)8-6-7-12(2)9-14/h12,15H,5-11H2,1-4H3. The smallest absolute Gasteiger partial charge is 0.319 e. The normalized spacial score (nSPS) is 28.4. The molecule has 1 N–H and O–H groups in total. The van der Waals surface area contributed by atoms with Crippen LogP contribution in [-0.4, -0.2) is 50.2 Å². The molecule has 0 aromatic rings. The number of rotatable bonds is 6.